The van der Waals surface area contributed by atoms with Crippen LogP contribution in [-0.4, -0.2) is 25.7 Å². The maximum Gasteiger partial charge on any atom is 0.338 e. The van der Waals surface area contributed by atoms with Gasteiger partial charge < -0.3 is 14.8 Å². The highest BCUT2D eigenvalue weighted by atomic mass is 16.5. The fraction of sp³-hybridized carbons (Fsp3) is 0.462. The second-order valence-corrected chi connectivity index (χ2v) is 13.8. The van der Waals surface area contributed by atoms with Crippen LogP contribution in [0.5, 0.6) is 5.75 Å². The number of rotatable bonds is 14. The third-order valence-corrected chi connectivity index (χ3v) is 7.53. The Morgan fingerprint density at radius 1 is 0.767 bits per heavy atom. The van der Waals surface area contributed by atoms with E-state index in [1.165, 1.54) is 29.5 Å². The first-order valence-electron chi connectivity index (χ1n) is 15.8. The predicted octanol–water partition coefficient (Wildman–Crippen LogP) is 9.50. The molecule has 0 saturated carbocycles. The van der Waals surface area contributed by atoms with E-state index >= 15 is 0 Å². The van der Waals surface area contributed by atoms with Crippen molar-refractivity contribution in [1.82, 2.24) is 5.32 Å². The van der Waals surface area contributed by atoms with Gasteiger partial charge >= 0.3 is 5.97 Å². The predicted molar refractivity (Wildman–Crippen MR) is 181 cm³/mol. The quantitative estimate of drug-likeness (QED) is 0.152. The third kappa shape index (κ3) is 12.0. The Morgan fingerprint density at radius 3 is 1.98 bits per heavy atom. The normalized spacial score (nSPS) is 12.1. The highest BCUT2D eigenvalue weighted by Crippen LogP contribution is 2.30. The maximum atomic E-state index is 12.3. The Hall–Kier alpha value is -3.37. The largest absolute Gasteiger partial charge is 0.494 e. The first-order valence-corrected chi connectivity index (χ1v) is 15.8. The first kappa shape index (κ1) is 34.1. The molecule has 0 spiro atoms. The molecule has 4 heteroatoms. The zero-order valence-corrected chi connectivity index (χ0v) is 27.8. The second kappa shape index (κ2) is 15.9. The minimum Gasteiger partial charge on any atom is -0.494 e. The Balaban J connectivity index is 1.28. The van der Waals surface area contributed by atoms with Crippen molar-refractivity contribution >= 4 is 12.0 Å². The Morgan fingerprint density at radius 2 is 1.37 bits per heavy atom. The van der Waals surface area contributed by atoms with Gasteiger partial charge in [0, 0.05) is 6.54 Å². The molecule has 4 nitrogen and oxygen atoms in total. The molecule has 0 atom stereocenters. The molecule has 0 radical (unpaired) electrons. The van der Waals surface area contributed by atoms with E-state index in [9.17, 15) is 4.79 Å². The van der Waals surface area contributed by atoms with Crippen molar-refractivity contribution in [3.63, 3.8) is 0 Å². The number of esters is 1. The van der Waals surface area contributed by atoms with Crippen molar-refractivity contribution in [2.45, 2.75) is 98.4 Å². The van der Waals surface area contributed by atoms with Crippen LogP contribution in [0.2, 0.25) is 0 Å². The number of aryl methyl sites for hydroxylation is 2. The molecule has 0 aromatic heterocycles. The Bertz CT molecular complexity index is 1290. The van der Waals surface area contributed by atoms with Crippen molar-refractivity contribution in [2.75, 3.05) is 19.8 Å². The maximum absolute atomic E-state index is 12.3. The van der Waals surface area contributed by atoms with E-state index in [0.717, 1.165) is 55.0 Å². The van der Waals surface area contributed by atoms with Crippen LogP contribution in [0.25, 0.3) is 6.08 Å². The Labute approximate surface area is 260 Å². The van der Waals surface area contributed by atoms with Gasteiger partial charge in [0.05, 0.1) is 12.2 Å². The zero-order chi connectivity index (χ0) is 31.5. The van der Waals surface area contributed by atoms with Gasteiger partial charge in [-0.25, -0.2) is 4.79 Å². The van der Waals surface area contributed by atoms with Crippen LogP contribution in [0.4, 0.5) is 0 Å². The van der Waals surface area contributed by atoms with Crippen molar-refractivity contribution in [1.29, 1.82) is 0 Å². The highest BCUT2D eigenvalue weighted by Gasteiger charge is 2.20. The lowest BCUT2D eigenvalue weighted by Crippen LogP contribution is -2.19. The summed E-state index contributed by atoms with van der Waals surface area (Å²) in [4.78, 5) is 12.3. The summed E-state index contributed by atoms with van der Waals surface area (Å²) in [5.41, 5.74) is 8.25. The lowest BCUT2D eigenvalue weighted by atomic mass is 9.79. The van der Waals surface area contributed by atoms with Crippen LogP contribution in [0, 0.1) is 13.8 Å². The molecule has 0 aliphatic carbocycles. The number of nitrogens with one attached hydrogen (secondary N) is 1. The molecule has 1 N–H and O–H groups in total. The second-order valence-electron chi connectivity index (χ2n) is 13.8. The SMILES string of the molecule is Cc1cc(C)cc(C(=O)OC/C=C/c2ccc(OCCCCCCNCc3cc(C(C)(C)C)cc(C(C)(C)C)c3)cc2)c1. The lowest BCUT2D eigenvalue weighted by Gasteiger charge is -2.26. The summed E-state index contributed by atoms with van der Waals surface area (Å²) >= 11 is 0. The fourth-order valence-corrected chi connectivity index (χ4v) is 4.95. The number of carbonyl (C=O) groups excluding carboxylic acids is 1. The fourth-order valence-electron chi connectivity index (χ4n) is 4.95. The van der Waals surface area contributed by atoms with Crippen LogP contribution in [0.15, 0.2) is 66.7 Å². The summed E-state index contributed by atoms with van der Waals surface area (Å²) in [6.07, 6.45) is 8.40. The molecule has 0 saturated heterocycles. The van der Waals surface area contributed by atoms with Crippen LogP contribution in [0.3, 0.4) is 0 Å². The van der Waals surface area contributed by atoms with Crippen LogP contribution >= 0.6 is 0 Å². The van der Waals surface area contributed by atoms with Gasteiger partial charge in [0.2, 0.25) is 0 Å². The molecular formula is C39H53NO3. The van der Waals surface area contributed by atoms with Gasteiger partial charge in [0.1, 0.15) is 12.4 Å². The highest BCUT2D eigenvalue weighted by molar-refractivity contribution is 5.90. The Kier molecular flexibility index (Phi) is 12.6. The molecule has 0 heterocycles. The number of benzene rings is 3. The van der Waals surface area contributed by atoms with Crippen LogP contribution < -0.4 is 10.1 Å². The molecule has 43 heavy (non-hydrogen) atoms. The molecule has 3 rings (SSSR count). The van der Waals surface area contributed by atoms with Crippen molar-refractivity contribution < 1.29 is 14.3 Å². The van der Waals surface area contributed by atoms with E-state index in [4.69, 9.17) is 9.47 Å². The number of carbonyl (C=O) groups is 1. The minimum atomic E-state index is -0.298. The van der Waals surface area contributed by atoms with Gasteiger partial charge in [0.25, 0.3) is 0 Å². The minimum absolute atomic E-state index is 0.150. The van der Waals surface area contributed by atoms with E-state index in [0.29, 0.717) is 5.56 Å². The van der Waals surface area contributed by atoms with Crippen molar-refractivity contribution in [2.24, 2.45) is 0 Å². The molecule has 0 aliphatic rings. The smallest absolute Gasteiger partial charge is 0.338 e. The third-order valence-electron chi connectivity index (χ3n) is 7.53. The van der Waals surface area contributed by atoms with E-state index in [2.05, 4.69) is 65.1 Å². The standard InChI is InChI=1S/C39H53NO3/c1-29-22-30(2)24-33(23-29)37(41)43-21-13-14-31-15-17-36(18-16-31)42-20-12-10-9-11-19-40-28-32-25-34(38(3,4)5)27-35(26-32)39(6,7)8/h13-18,22-27,40H,9-12,19-21,28H2,1-8H3/b14-13+. The summed E-state index contributed by atoms with van der Waals surface area (Å²) in [7, 11) is 0. The summed E-state index contributed by atoms with van der Waals surface area (Å²) in [5.74, 6) is 0.584. The average Bonchev–Trinajstić information content (AvgIpc) is 2.93. The van der Waals surface area contributed by atoms with Gasteiger partial charge in [0.15, 0.2) is 0 Å². The molecule has 0 fully saturated rings. The van der Waals surface area contributed by atoms with Crippen LogP contribution in [0.1, 0.15) is 111 Å². The monoisotopic (exact) mass is 583 g/mol. The average molecular weight is 584 g/mol. The van der Waals surface area contributed by atoms with Crippen molar-refractivity contribution in [3.8, 4) is 5.75 Å². The molecular weight excluding hydrogens is 530 g/mol. The van der Waals surface area contributed by atoms with E-state index in [1.807, 2.05) is 68.5 Å². The lowest BCUT2D eigenvalue weighted by molar-refractivity contribution is 0.0550. The summed E-state index contributed by atoms with van der Waals surface area (Å²) in [5, 5.41) is 3.65. The van der Waals surface area contributed by atoms with Gasteiger partial charge in [-0.05, 0) is 96.7 Å². The summed E-state index contributed by atoms with van der Waals surface area (Å²) < 4.78 is 11.3. The molecule has 232 valence electrons. The molecule has 3 aromatic rings. The molecule has 3 aromatic carbocycles. The van der Waals surface area contributed by atoms with Gasteiger partial charge in [-0.15, -0.1) is 0 Å². The summed E-state index contributed by atoms with van der Waals surface area (Å²) in [6.45, 7) is 20.6. The zero-order valence-electron chi connectivity index (χ0n) is 27.8. The molecule has 0 bridgehead atoms. The molecule has 0 amide bonds. The number of unbranched alkanes of at least 4 members (excludes halogenated alkanes) is 3. The molecule has 0 unspecified atom stereocenters. The number of hydrogen-bond donors (Lipinski definition) is 1. The number of hydrogen-bond acceptors (Lipinski definition) is 4. The van der Waals surface area contributed by atoms with E-state index < -0.39 is 0 Å². The topological polar surface area (TPSA) is 47.6 Å². The van der Waals surface area contributed by atoms with E-state index in [-0.39, 0.29) is 23.4 Å². The van der Waals surface area contributed by atoms with Crippen molar-refractivity contribution in [3.05, 3.63) is 106 Å². The number of ether oxygens (including phenoxy) is 2. The van der Waals surface area contributed by atoms with E-state index in [1.54, 1.807) is 0 Å². The van der Waals surface area contributed by atoms with Gasteiger partial charge in [-0.2, -0.15) is 0 Å². The first-order chi connectivity index (χ1) is 20.3. The van der Waals surface area contributed by atoms with Gasteiger partial charge in [-0.1, -0.05) is 108 Å². The van der Waals surface area contributed by atoms with Crippen LogP contribution in [-0.2, 0) is 22.1 Å². The van der Waals surface area contributed by atoms with Gasteiger partial charge in [-0.3, -0.25) is 0 Å². The summed E-state index contributed by atoms with van der Waals surface area (Å²) in [6, 6.07) is 20.9. The molecule has 0 aliphatic heterocycles.